The lowest BCUT2D eigenvalue weighted by Crippen LogP contribution is -2.18. The Morgan fingerprint density at radius 3 is 2.22 bits per heavy atom. The van der Waals surface area contributed by atoms with Crippen molar-refractivity contribution < 1.29 is 19.4 Å². The SMILES string of the molecule is CC(I)OC(=O)C(=O)O. The van der Waals surface area contributed by atoms with Gasteiger partial charge in [0.25, 0.3) is 0 Å². The third-order valence-electron chi connectivity index (χ3n) is 0.444. The molecule has 0 aromatic heterocycles. The molecule has 0 amide bonds. The molecule has 9 heavy (non-hydrogen) atoms. The molecule has 52 valence electrons. The van der Waals surface area contributed by atoms with Gasteiger partial charge in [-0.15, -0.1) is 0 Å². The number of ether oxygens (including phenoxy) is 1. The lowest BCUT2D eigenvalue weighted by molar-refractivity contribution is -0.164. The van der Waals surface area contributed by atoms with Crippen molar-refractivity contribution in [2.75, 3.05) is 0 Å². The number of halogens is 1. The average molecular weight is 244 g/mol. The molecular weight excluding hydrogens is 239 g/mol. The molecule has 0 aromatic carbocycles. The minimum absolute atomic E-state index is 0.397. The van der Waals surface area contributed by atoms with E-state index in [-0.39, 0.29) is 0 Å². The minimum atomic E-state index is -1.56. The second kappa shape index (κ2) is 3.65. The number of esters is 1. The van der Waals surface area contributed by atoms with Crippen molar-refractivity contribution >= 4 is 34.5 Å². The number of hydrogen-bond acceptors (Lipinski definition) is 3. The summed E-state index contributed by atoms with van der Waals surface area (Å²) in [6.45, 7) is 1.57. The first-order valence-electron chi connectivity index (χ1n) is 2.12. The van der Waals surface area contributed by atoms with Crippen LogP contribution < -0.4 is 0 Å². The summed E-state index contributed by atoms with van der Waals surface area (Å²) in [5.41, 5.74) is 0. The molecule has 1 atom stereocenters. The number of aliphatic carboxylic acids is 1. The molecule has 0 fully saturated rings. The van der Waals surface area contributed by atoms with Gasteiger partial charge in [0.2, 0.25) is 0 Å². The molecule has 0 rings (SSSR count). The molecule has 1 N–H and O–H groups in total. The monoisotopic (exact) mass is 244 g/mol. The highest BCUT2D eigenvalue weighted by Gasteiger charge is 2.14. The zero-order chi connectivity index (χ0) is 7.44. The van der Waals surface area contributed by atoms with E-state index in [0.717, 1.165) is 0 Å². The van der Waals surface area contributed by atoms with Crippen molar-refractivity contribution in [2.24, 2.45) is 0 Å². The van der Waals surface area contributed by atoms with Crippen molar-refractivity contribution in [1.82, 2.24) is 0 Å². The molecule has 4 nitrogen and oxygen atoms in total. The van der Waals surface area contributed by atoms with Crippen LogP contribution in [0.1, 0.15) is 6.92 Å². The molecule has 0 aliphatic carbocycles. The van der Waals surface area contributed by atoms with Crippen LogP contribution in [0.4, 0.5) is 0 Å². The Labute approximate surface area is 65.3 Å². The Morgan fingerprint density at radius 2 is 2.11 bits per heavy atom. The summed E-state index contributed by atoms with van der Waals surface area (Å²) in [6.07, 6.45) is 0. The van der Waals surface area contributed by atoms with E-state index in [0.29, 0.717) is 0 Å². The van der Waals surface area contributed by atoms with Gasteiger partial charge in [-0.2, -0.15) is 0 Å². The third-order valence-corrected chi connectivity index (χ3v) is 0.698. The summed E-state index contributed by atoms with van der Waals surface area (Å²) in [6, 6.07) is 0. The van der Waals surface area contributed by atoms with Gasteiger partial charge in [0.1, 0.15) is 4.11 Å². The average Bonchev–Trinajstić information content (AvgIpc) is 1.63. The summed E-state index contributed by atoms with van der Waals surface area (Å²) in [5, 5.41) is 7.95. The van der Waals surface area contributed by atoms with Gasteiger partial charge in [0.15, 0.2) is 0 Å². The first-order valence-corrected chi connectivity index (χ1v) is 3.36. The molecule has 5 heteroatoms. The normalized spacial score (nSPS) is 12.2. The zero-order valence-electron chi connectivity index (χ0n) is 4.63. The number of carboxylic acid groups (broad SMARTS) is 1. The molecule has 1 unspecified atom stereocenters. The molecule has 0 spiro atoms. The smallest absolute Gasteiger partial charge is 0.418 e. The summed E-state index contributed by atoms with van der Waals surface area (Å²) in [4.78, 5) is 19.9. The molecule has 0 saturated heterocycles. The van der Waals surface area contributed by atoms with E-state index in [1.807, 2.05) is 0 Å². The van der Waals surface area contributed by atoms with Gasteiger partial charge in [-0.05, 0) is 29.5 Å². The third kappa shape index (κ3) is 4.19. The van der Waals surface area contributed by atoms with Crippen LogP contribution in [0.2, 0.25) is 0 Å². The molecule has 0 radical (unpaired) electrons. The van der Waals surface area contributed by atoms with Crippen LogP contribution in [0.5, 0.6) is 0 Å². The van der Waals surface area contributed by atoms with Crippen LogP contribution in [-0.2, 0) is 14.3 Å². The number of hydrogen-bond donors (Lipinski definition) is 1. The van der Waals surface area contributed by atoms with Crippen LogP contribution >= 0.6 is 22.6 Å². The van der Waals surface area contributed by atoms with Crippen molar-refractivity contribution in [3.8, 4) is 0 Å². The molecule has 0 saturated carbocycles. The predicted molar refractivity (Wildman–Crippen MR) is 37.2 cm³/mol. The van der Waals surface area contributed by atoms with Gasteiger partial charge in [0, 0.05) is 0 Å². The lowest BCUT2D eigenvalue weighted by atomic mass is 10.7. The quantitative estimate of drug-likeness (QED) is 0.313. The van der Waals surface area contributed by atoms with E-state index in [1.165, 1.54) is 0 Å². The highest BCUT2D eigenvalue weighted by Crippen LogP contribution is 1.99. The zero-order valence-corrected chi connectivity index (χ0v) is 6.78. The van der Waals surface area contributed by atoms with Gasteiger partial charge in [-0.3, -0.25) is 0 Å². The molecule has 0 aliphatic heterocycles. The van der Waals surface area contributed by atoms with Crippen molar-refractivity contribution in [1.29, 1.82) is 0 Å². The standard InChI is InChI=1S/C4H5IO4/c1-2(5)9-4(8)3(6)7/h2H,1H3,(H,6,7). The number of carbonyl (C=O) groups is 2. The fourth-order valence-electron chi connectivity index (χ4n) is 0.198. The van der Waals surface area contributed by atoms with Crippen molar-refractivity contribution in [3.05, 3.63) is 0 Å². The van der Waals surface area contributed by atoms with Crippen molar-refractivity contribution in [3.63, 3.8) is 0 Å². The van der Waals surface area contributed by atoms with Gasteiger partial charge < -0.3 is 9.84 Å². The summed E-state index contributed by atoms with van der Waals surface area (Å²) < 4.78 is 3.86. The van der Waals surface area contributed by atoms with Crippen molar-refractivity contribution in [2.45, 2.75) is 11.0 Å². The van der Waals surface area contributed by atoms with Crippen LogP contribution in [0, 0.1) is 0 Å². The lowest BCUT2D eigenvalue weighted by Gasteiger charge is -2.00. The second-order valence-corrected chi connectivity index (χ2v) is 3.01. The molecule has 0 bridgehead atoms. The Hall–Kier alpha value is -0.330. The maximum atomic E-state index is 10.1. The first kappa shape index (κ1) is 8.67. The van der Waals surface area contributed by atoms with E-state index in [2.05, 4.69) is 4.74 Å². The van der Waals surface area contributed by atoms with E-state index in [9.17, 15) is 9.59 Å². The Bertz CT molecular complexity index is 131. The maximum absolute atomic E-state index is 10.1. The highest BCUT2D eigenvalue weighted by molar-refractivity contribution is 14.1. The second-order valence-electron chi connectivity index (χ2n) is 1.25. The van der Waals surface area contributed by atoms with E-state index in [4.69, 9.17) is 5.11 Å². The molecule has 0 aromatic rings. The van der Waals surface area contributed by atoms with Crippen LogP contribution in [0.15, 0.2) is 0 Å². The molecular formula is C4H5IO4. The fourth-order valence-corrected chi connectivity index (χ4v) is 0.429. The number of carbonyl (C=O) groups excluding carboxylic acids is 1. The number of carboxylic acids is 1. The van der Waals surface area contributed by atoms with E-state index < -0.39 is 16.0 Å². The van der Waals surface area contributed by atoms with Crippen LogP contribution in [0.3, 0.4) is 0 Å². The van der Waals surface area contributed by atoms with Gasteiger partial charge in [0.05, 0.1) is 0 Å². The van der Waals surface area contributed by atoms with Gasteiger partial charge in [-0.25, -0.2) is 9.59 Å². The highest BCUT2D eigenvalue weighted by atomic mass is 127. The van der Waals surface area contributed by atoms with Crippen LogP contribution in [-0.4, -0.2) is 21.2 Å². The number of alkyl halides is 1. The summed E-state index contributed by atoms with van der Waals surface area (Å²) in [5.74, 6) is -2.77. The molecule has 0 heterocycles. The largest absolute Gasteiger partial charge is 0.473 e. The number of rotatable bonds is 1. The maximum Gasteiger partial charge on any atom is 0.418 e. The fraction of sp³-hybridized carbons (Fsp3) is 0.500. The Kier molecular flexibility index (Phi) is 3.52. The Morgan fingerprint density at radius 1 is 1.67 bits per heavy atom. The summed E-state index contributed by atoms with van der Waals surface area (Å²) in [7, 11) is 0. The van der Waals surface area contributed by atoms with Gasteiger partial charge in [-0.1, -0.05) is 0 Å². The van der Waals surface area contributed by atoms with Gasteiger partial charge >= 0.3 is 11.9 Å². The van der Waals surface area contributed by atoms with Crippen LogP contribution in [0.25, 0.3) is 0 Å². The molecule has 0 aliphatic rings. The van der Waals surface area contributed by atoms with E-state index >= 15 is 0 Å². The predicted octanol–water partition coefficient (Wildman–Crippen LogP) is 0.395. The minimum Gasteiger partial charge on any atom is -0.473 e. The Balaban J connectivity index is 3.65. The first-order chi connectivity index (χ1) is 4.04. The summed E-state index contributed by atoms with van der Waals surface area (Å²) >= 11 is 1.78. The van der Waals surface area contributed by atoms with E-state index in [1.54, 1.807) is 29.5 Å². The topological polar surface area (TPSA) is 63.6 Å².